The molecule has 0 N–H and O–H groups in total. The maximum absolute atomic E-state index is 11.1. The summed E-state index contributed by atoms with van der Waals surface area (Å²) >= 11 is 0. The molecule has 22 heavy (non-hydrogen) atoms. The zero-order valence-corrected chi connectivity index (χ0v) is 11.9. The Morgan fingerprint density at radius 1 is 1.23 bits per heavy atom. The van der Waals surface area contributed by atoms with E-state index >= 15 is 0 Å². The Bertz CT molecular complexity index is 720. The number of nitro groups is 1. The second-order valence-corrected chi connectivity index (χ2v) is 4.19. The number of nitro benzene ring substituents is 1. The van der Waals surface area contributed by atoms with Crippen molar-refractivity contribution in [3.05, 3.63) is 51.8 Å². The standard InChI is InChI=1S/C14H12N4O4/c1-21-12-7-13(22-2)17-14(16-12)10(8-15)9-5-3-4-6-11(9)18(19)20/h3-7,10H,1-2H3. The van der Waals surface area contributed by atoms with Crippen molar-refractivity contribution in [2.75, 3.05) is 14.2 Å². The SMILES string of the molecule is COc1cc(OC)nc(C(C#N)c2ccccc2[N+](=O)[O-])n1. The molecule has 1 unspecified atom stereocenters. The summed E-state index contributed by atoms with van der Waals surface area (Å²) in [7, 11) is 2.83. The second-order valence-electron chi connectivity index (χ2n) is 4.19. The van der Waals surface area contributed by atoms with Crippen LogP contribution < -0.4 is 9.47 Å². The van der Waals surface area contributed by atoms with Crippen LogP contribution in [0.5, 0.6) is 11.8 Å². The Morgan fingerprint density at radius 3 is 2.32 bits per heavy atom. The maximum atomic E-state index is 11.1. The summed E-state index contributed by atoms with van der Waals surface area (Å²) in [5, 5.41) is 20.6. The van der Waals surface area contributed by atoms with Gasteiger partial charge < -0.3 is 9.47 Å². The minimum absolute atomic E-state index is 0.0769. The molecule has 0 fully saturated rings. The van der Waals surface area contributed by atoms with Gasteiger partial charge in [0.05, 0.1) is 36.8 Å². The van der Waals surface area contributed by atoms with Crippen LogP contribution in [-0.2, 0) is 0 Å². The van der Waals surface area contributed by atoms with E-state index in [9.17, 15) is 15.4 Å². The summed E-state index contributed by atoms with van der Waals surface area (Å²) in [5.41, 5.74) is 0.0461. The van der Waals surface area contributed by atoms with Gasteiger partial charge in [0, 0.05) is 6.07 Å². The molecule has 1 aromatic carbocycles. The number of nitrogens with zero attached hydrogens (tertiary/aromatic N) is 4. The topological polar surface area (TPSA) is 111 Å². The van der Waals surface area contributed by atoms with Gasteiger partial charge in [0.25, 0.3) is 5.69 Å². The van der Waals surface area contributed by atoms with Crippen molar-refractivity contribution < 1.29 is 14.4 Å². The smallest absolute Gasteiger partial charge is 0.274 e. The molecule has 1 heterocycles. The number of rotatable bonds is 5. The van der Waals surface area contributed by atoms with Crippen LogP contribution >= 0.6 is 0 Å². The van der Waals surface area contributed by atoms with Gasteiger partial charge in [-0.2, -0.15) is 15.2 Å². The van der Waals surface area contributed by atoms with E-state index in [1.165, 1.54) is 38.5 Å². The molecule has 8 nitrogen and oxygen atoms in total. The number of ether oxygens (including phenoxy) is 2. The molecule has 2 aromatic rings. The number of hydrogen-bond acceptors (Lipinski definition) is 7. The molecule has 0 bridgehead atoms. The zero-order valence-electron chi connectivity index (χ0n) is 11.9. The van der Waals surface area contributed by atoms with Gasteiger partial charge in [0.2, 0.25) is 11.8 Å². The van der Waals surface area contributed by atoms with E-state index in [2.05, 4.69) is 9.97 Å². The summed E-state index contributed by atoms with van der Waals surface area (Å²) in [6.07, 6.45) is 0. The van der Waals surface area contributed by atoms with Crippen molar-refractivity contribution in [1.82, 2.24) is 9.97 Å². The van der Waals surface area contributed by atoms with E-state index in [0.717, 1.165) is 0 Å². The summed E-state index contributed by atoms with van der Waals surface area (Å²) in [6, 6.07) is 9.43. The molecule has 0 aliphatic carbocycles. The predicted octanol–water partition coefficient (Wildman–Crippen LogP) is 2.06. The van der Waals surface area contributed by atoms with Crippen LogP contribution in [0.1, 0.15) is 17.3 Å². The molecule has 0 amide bonds. The van der Waals surface area contributed by atoms with Gasteiger partial charge in [0.1, 0.15) is 5.92 Å². The van der Waals surface area contributed by atoms with Gasteiger partial charge in [-0.05, 0) is 0 Å². The van der Waals surface area contributed by atoms with Crippen molar-refractivity contribution in [3.63, 3.8) is 0 Å². The molecule has 1 atom stereocenters. The van der Waals surface area contributed by atoms with Crippen molar-refractivity contribution in [2.24, 2.45) is 0 Å². The lowest BCUT2D eigenvalue weighted by Crippen LogP contribution is -2.08. The average Bonchev–Trinajstić information content (AvgIpc) is 2.55. The van der Waals surface area contributed by atoms with Crippen molar-refractivity contribution in [3.8, 4) is 17.8 Å². The molecule has 8 heteroatoms. The van der Waals surface area contributed by atoms with Crippen LogP contribution in [0.4, 0.5) is 5.69 Å². The van der Waals surface area contributed by atoms with Gasteiger partial charge in [-0.3, -0.25) is 10.1 Å². The number of para-hydroxylation sites is 1. The van der Waals surface area contributed by atoms with E-state index in [0.29, 0.717) is 0 Å². The lowest BCUT2D eigenvalue weighted by molar-refractivity contribution is -0.385. The fraction of sp³-hybridized carbons (Fsp3) is 0.214. The highest BCUT2D eigenvalue weighted by atomic mass is 16.6. The van der Waals surface area contributed by atoms with Crippen LogP contribution in [0, 0.1) is 21.4 Å². The van der Waals surface area contributed by atoms with Crippen LogP contribution in [0.25, 0.3) is 0 Å². The van der Waals surface area contributed by atoms with Gasteiger partial charge in [-0.15, -0.1) is 0 Å². The highest BCUT2D eigenvalue weighted by molar-refractivity contribution is 5.48. The Labute approximate surface area is 126 Å². The Balaban J connectivity index is 2.59. The van der Waals surface area contributed by atoms with E-state index in [-0.39, 0.29) is 28.8 Å². The van der Waals surface area contributed by atoms with Crippen LogP contribution in [-0.4, -0.2) is 29.1 Å². The van der Waals surface area contributed by atoms with E-state index in [1.807, 2.05) is 6.07 Å². The minimum atomic E-state index is -1.01. The lowest BCUT2D eigenvalue weighted by Gasteiger charge is -2.11. The molecule has 1 aromatic heterocycles. The van der Waals surface area contributed by atoms with Gasteiger partial charge >= 0.3 is 0 Å². The molecule has 112 valence electrons. The Kier molecular flexibility index (Phi) is 4.48. The fourth-order valence-electron chi connectivity index (χ4n) is 1.92. The summed E-state index contributed by atoms with van der Waals surface area (Å²) in [6.45, 7) is 0. The van der Waals surface area contributed by atoms with Gasteiger partial charge in [0.15, 0.2) is 5.82 Å². The molecule has 0 saturated carbocycles. The molecule has 0 spiro atoms. The molecule has 2 rings (SSSR count). The Hall–Kier alpha value is -3.21. The maximum Gasteiger partial charge on any atom is 0.274 e. The summed E-state index contributed by atoms with van der Waals surface area (Å²) < 4.78 is 10.1. The van der Waals surface area contributed by atoms with Crippen LogP contribution in [0.15, 0.2) is 30.3 Å². The third-order valence-electron chi connectivity index (χ3n) is 2.95. The molecule has 0 saturated heterocycles. The summed E-state index contributed by atoms with van der Waals surface area (Å²) in [5.74, 6) is -0.514. The first-order valence-corrected chi connectivity index (χ1v) is 6.20. The first-order chi connectivity index (χ1) is 10.6. The third kappa shape index (κ3) is 2.93. The second kappa shape index (κ2) is 6.49. The third-order valence-corrected chi connectivity index (χ3v) is 2.95. The summed E-state index contributed by atoms with van der Waals surface area (Å²) in [4.78, 5) is 18.8. The number of aromatic nitrogens is 2. The molecular weight excluding hydrogens is 288 g/mol. The molecular formula is C14H12N4O4. The van der Waals surface area contributed by atoms with E-state index < -0.39 is 10.8 Å². The van der Waals surface area contributed by atoms with Crippen molar-refractivity contribution >= 4 is 5.69 Å². The highest BCUT2D eigenvalue weighted by Crippen LogP contribution is 2.31. The van der Waals surface area contributed by atoms with E-state index in [1.54, 1.807) is 6.07 Å². The Morgan fingerprint density at radius 2 is 1.82 bits per heavy atom. The normalized spacial score (nSPS) is 11.3. The van der Waals surface area contributed by atoms with Gasteiger partial charge in [-0.1, -0.05) is 18.2 Å². The van der Waals surface area contributed by atoms with Crippen LogP contribution in [0.2, 0.25) is 0 Å². The lowest BCUT2D eigenvalue weighted by atomic mass is 9.98. The fourth-order valence-corrected chi connectivity index (χ4v) is 1.92. The monoisotopic (exact) mass is 300 g/mol. The molecule has 0 radical (unpaired) electrons. The number of hydrogen-bond donors (Lipinski definition) is 0. The molecule has 0 aliphatic heterocycles. The van der Waals surface area contributed by atoms with Crippen molar-refractivity contribution in [1.29, 1.82) is 5.26 Å². The average molecular weight is 300 g/mol. The van der Waals surface area contributed by atoms with Crippen LogP contribution in [0.3, 0.4) is 0 Å². The predicted molar refractivity (Wildman–Crippen MR) is 75.7 cm³/mol. The zero-order chi connectivity index (χ0) is 16.1. The first kappa shape index (κ1) is 15.2. The number of nitriles is 1. The minimum Gasteiger partial charge on any atom is -0.481 e. The van der Waals surface area contributed by atoms with Crippen molar-refractivity contribution in [2.45, 2.75) is 5.92 Å². The largest absolute Gasteiger partial charge is 0.481 e. The number of benzene rings is 1. The van der Waals surface area contributed by atoms with Gasteiger partial charge in [-0.25, -0.2) is 0 Å². The quantitative estimate of drug-likeness (QED) is 0.613. The highest BCUT2D eigenvalue weighted by Gasteiger charge is 2.26. The number of methoxy groups -OCH3 is 2. The molecule has 0 aliphatic rings. The first-order valence-electron chi connectivity index (χ1n) is 6.20. The van der Waals surface area contributed by atoms with E-state index in [4.69, 9.17) is 9.47 Å².